The van der Waals surface area contributed by atoms with E-state index in [1.807, 2.05) is 24.3 Å². The second-order valence-electron chi connectivity index (χ2n) is 3.16. The summed E-state index contributed by atoms with van der Waals surface area (Å²) >= 11 is 0. The maximum Gasteiger partial charge on any atom is 0.310 e. The lowest BCUT2D eigenvalue weighted by atomic mass is 9.99. The van der Waals surface area contributed by atoms with Crippen molar-refractivity contribution in [2.75, 3.05) is 0 Å². The molecule has 2 heteroatoms. The zero-order valence-electron chi connectivity index (χ0n) is 7.95. The third-order valence-electron chi connectivity index (χ3n) is 2.23. The normalized spacial score (nSPS) is 12.5. The van der Waals surface area contributed by atoms with Crippen molar-refractivity contribution >= 4 is 5.97 Å². The predicted molar refractivity (Wildman–Crippen MR) is 51.9 cm³/mol. The summed E-state index contributed by atoms with van der Waals surface area (Å²) in [6, 6.07) is 7.74. The van der Waals surface area contributed by atoms with Gasteiger partial charge in [0.15, 0.2) is 0 Å². The zero-order chi connectivity index (χ0) is 9.84. The molecule has 2 nitrogen and oxygen atoms in total. The van der Waals surface area contributed by atoms with Crippen molar-refractivity contribution in [2.45, 2.75) is 26.2 Å². The molecule has 0 saturated carbocycles. The van der Waals surface area contributed by atoms with Gasteiger partial charge < -0.3 is 5.11 Å². The molecule has 0 aromatic heterocycles. The van der Waals surface area contributed by atoms with Gasteiger partial charge in [-0.2, -0.15) is 0 Å². The Kier molecular flexibility index (Phi) is 3.07. The summed E-state index contributed by atoms with van der Waals surface area (Å²) in [7, 11) is 0. The Morgan fingerprint density at radius 1 is 1.54 bits per heavy atom. The molecule has 0 spiro atoms. The minimum absolute atomic E-state index is 0.411. The molecule has 1 rings (SSSR count). The Morgan fingerprint density at radius 2 is 2.23 bits per heavy atom. The summed E-state index contributed by atoms with van der Waals surface area (Å²) in [6.07, 6.45) is 0.945. The standard InChI is InChI=1S/C11H14O2/c1-3-9-5-4-6-10(7-9)8(2)11(12)13/h4-8H,3H2,1-2H3,(H,12,13)/t8-/m0/s1. The molecule has 0 aliphatic carbocycles. The van der Waals surface area contributed by atoms with E-state index >= 15 is 0 Å². The highest BCUT2D eigenvalue weighted by molar-refractivity contribution is 5.75. The van der Waals surface area contributed by atoms with E-state index < -0.39 is 11.9 Å². The second-order valence-corrected chi connectivity index (χ2v) is 3.16. The summed E-state index contributed by atoms with van der Waals surface area (Å²) in [6.45, 7) is 3.77. The van der Waals surface area contributed by atoms with Crippen LogP contribution in [-0.2, 0) is 11.2 Å². The Labute approximate surface area is 78.2 Å². The predicted octanol–water partition coefficient (Wildman–Crippen LogP) is 2.44. The van der Waals surface area contributed by atoms with Crippen LogP contribution in [0, 0.1) is 0 Å². The van der Waals surface area contributed by atoms with Crippen molar-refractivity contribution in [3.8, 4) is 0 Å². The van der Waals surface area contributed by atoms with Crippen LogP contribution in [-0.4, -0.2) is 11.1 Å². The van der Waals surface area contributed by atoms with Crippen LogP contribution in [0.2, 0.25) is 0 Å². The van der Waals surface area contributed by atoms with Gasteiger partial charge in [-0.05, 0) is 24.5 Å². The molecule has 0 amide bonds. The number of hydrogen-bond acceptors (Lipinski definition) is 1. The third kappa shape index (κ3) is 2.31. The summed E-state index contributed by atoms with van der Waals surface area (Å²) in [5.74, 6) is -1.18. The van der Waals surface area contributed by atoms with E-state index in [9.17, 15) is 4.79 Å². The molecule has 0 radical (unpaired) electrons. The fourth-order valence-corrected chi connectivity index (χ4v) is 1.22. The highest BCUT2D eigenvalue weighted by Crippen LogP contribution is 2.16. The molecule has 1 N–H and O–H groups in total. The molecular formula is C11H14O2. The summed E-state index contributed by atoms with van der Waals surface area (Å²) < 4.78 is 0. The lowest BCUT2D eigenvalue weighted by Crippen LogP contribution is -2.07. The van der Waals surface area contributed by atoms with Crippen LogP contribution in [0.15, 0.2) is 24.3 Å². The SMILES string of the molecule is CCc1cccc([C@H](C)C(=O)O)c1. The van der Waals surface area contributed by atoms with E-state index in [2.05, 4.69) is 6.92 Å². The lowest BCUT2D eigenvalue weighted by Gasteiger charge is -2.07. The van der Waals surface area contributed by atoms with Crippen LogP contribution in [0.1, 0.15) is 30.9 Å². The smallest absolute Gasteiger partial charge is 0.310 e. The first-order chi connectivity index (χ1) is 6.15. The Bertz CT molecular complexity index is 305. The molecule has 1 aromatic carbocycles. The van der Waals surface area contributed by atoms with E-state index in [4.69, 9.17) is 5.11 Å². The fraction of sp³-hybridized carbons (Fsp3) is 0.364. The van der Waals surface area contributed by atoms with Gasteiger partial charge in [0.25, 0.3) is 0 Å². The number of aryl methyl sites for hydroxylation is 1. The number of benzene rings is 1. The molecule has 1 atom stereocenters. The minimum Gasteiger partial charge on any atom is -0.481 e. The van der Waals surface area contributed by atoms with Crippen LogP contribution in [0.3, 0.4) is 0 Å². The highest BCUT2D eigenvalue weighted by Gasteiger charge is 2.12. The second kappa shape index (κ2) is 4.08. The average molecular weight is 178 g/mol. The number of hydrogen-bond donors (Lipinski definition) is 1. The van der Waals surface area contributed by atoms with E-state index in [-0.39, 0.29) is 0 Å². The molecule has 0 aliphatic heterocycles. The van der Waals surface area contributed by atoms with E-state index in [0.29, 0.717) is 0 Å². The lowest BCUT2D eigenvalue weighted by molar-refractivity contribution is -0.138. The van der Waals surface area contributed by atoms with Crippen LogP contribution >= 0.6 is 0 Å². The van der Waals surface area contributed by atoms with Crippen LogP contribution in [0.5, 0.6) is 0 Å². The van der Waals surface area contributed by atoms with E-state index in [0.717, 1.165) is 12.0 Å². The molecule has 0 fully saturated rings. The number of carboxylic acids is 1. The Balaban J connectivity index is 2.94. The molecule has 70 valence electrons. The first-order valence-electron chi connectivity index (χ1n) is 4.46. The molecule has 0 saturated heterocycles. The van der Waals surface area contributed by atoms with E-state index in [1.165, 1.54) is 5.56 Å². The topological polar surface area (TPSA) is 37.3 Å². The van der Waals surface area contributed by atoms with Gasteiger partial charge in [-0.1, -0.05) is 31.2 Å². The highest BCUT2D eigenvalue weighted by atomic mass is 16.4. The van der Waals surface area contributed by atoms with Crippen LogP contribution in [0.4, 0.5) is 0 Å². The number of carbonyl (C=O) groups is 1. The maximum atomic E-state index is 10.7. The molecule has 0 aliphatic rings. The van der Waals surface area contributed by atoms with Gasteiger partial charge in [-0.25, -0.2) is 0 Å². The summed E-state index contributed by atoms with van der Waals surface area (Å²) in [4.78, 5) is 10.7. The van der Waals surface area contributed by atoms with Crippen molar-refractivity contribution in [3.05, 3.63) is 35.4 Å². The zero-order valence-corrected chi connectivity index (χ0v) is 7.95. The van der Waals surface area contributed by atoms with Crippen molar-refractivity contribution in [3.63, 3.8) is 0 Å². The molecule has 1 aromatic rings. The number of rotatable bonds is 3. The van der Waals surface area contributed by atoms with Crippen LogP contribution in [0.25, 0.3) is 0 Å². The molecule has 0 bridgehead atoms. The quantitative estimate of drug-likeness (QED) is 0.771. The average Bonchev–Trinajstić information content (AvgIpc) is 2.16. The first kappa shape index (κ1) is 9.78. The first-order valence-corrected chi connectivity index (χ1v) is 4.46. The number of aliphatic carboxylic acids is 1. The van der Waals surface area contributed by atoms with Gasteiger partial charge in [0, 0.05) is 0 Å². The van der Waals surface area contributed by atoms with E-state index in [1.54, 1.807) is 6.92 Å². The van der Waals surface area contributed by atoms with Gasteiger partial charge in [0.05, 0.1) is 5.92 Å². The minimum atomic E-state index is -0.770. The molecular weight excluding hydrogens is 164 g/mol. The van der Waals surface area contributed by atoms with Gasteiger partial charge >= 0.3 is 5.97 Å². The molecule has 0 heterocycles. The number of carboxylic acid groups (broad SMARTS) is 1. The third-order valence-corrected chi connectivity index (χ3v) is 2.23. The maximum absolute atomic E-state index is 10.7. The summed E-state index contributed by atoms with van der Waals surface area (Å²) in [5, 5.41) is 8.80. The van der Waals surface area contributed by atoms with Crippen molar-refractivity contribution in [2.24, 2.45) is 0 Å². The van der Waals surface area contributed by atoms with Crippen molar-refractivity contribution in [1.82, 2.24) is 0 Å². The monoisotopic (exact) mass is 178 g/mol. The largest absolute Gasteiger partial charge is 0.481 e. The van der Waals surface area contributed by atoms with Gasteiger partial charge in [-0.3, -0.25) is 4.79 Å². The fourth-order valence-electron chi connectivity index (χ4n) is 1.22. The van der Waals surface area contributed by atoms with Crippen LogP contribution < -0.4 is 0 Å². The van der Waals surface area contributed by atoms with Crippen molar-refractivity contribution in [1.29, 1.82) is 0 Å². The molecule has 0 unspecified atom stereocenters. The Hall–Kier alpha value is -1.31. The van der Waals surface area contributed by atoms with Gasteiger partial charge in [-0.15, -0.1) is 0 Å². The van der Waals surface area contributed by atoms with Crippen molar-refractivity contribution < 1.29 is 9.90 Å². The Morgan fingerprint density at radius 3 is 2.77 bits per heavy atom. The van der Waals surface area contributed by atoms with Gasteiger partial charge in [0.1, 0.15) is 0 Å². The van der Waals surface area contributed by atoms with Gasteiger partial charge in [0.2, 0.25) is 0 Å². The molecule has 13 heavy (non-hydrogen) atoms. The summed E-state index contributed by atoms with van der Waals surface area (Å²) in [5.41, 5.74) is 2.07.